The third kappa shape index (κ3) is 3.67. The number of carbonyl (C=O) groups is 2. The maximum absolute atomic E-state index is 12.4. The van der Waals surface area contributed by atoms with Gasteiger partial charge in [0, 0.05) is 24.1 Å². The van der Waals surface area contributed by atoms with Gasteiger partial charge in [0.2, 0.25) is 0 Å². The molecule has 5 nitrogen and oxygen atoms in total. The van der Waals surface area contributed by atoms with E-state index in [1.165, 1.54) is 0 Å². The molecule has 3 aromatic rings. The van der Waals surface area contributed by atoms with Gasteiger partial charge in [-0.3, -0.25) is 0 Å². The summed E-state index contributed by atoms with van der Waals surface area (Å²) in [6.45, 7) is 0.487. The number of hydrogen-bond acceptors (Lipinski definition) is 5. The molecule has 3 aromatic carbocycles. The standard InChI is InChI=1S/C22H16O5/c23-21(15-7-3-1-4-8-15)26-17-13-19-18(11-12-25-19)20(14-17)27-22(24)16-9-5-2-6-10-16/h1-10,13-14H,11-12H2. The Kier molecular flexibility index (Phi) is 4.58. The van der Waals surface area contributed by atoms with Crippen molar-refractivity contribution in [2.75, 3.05) is 6.61 Å². The van der Waals surface area contributed by atoms with Crippen molar-refractivity contribution in [3.63, 3.8) is 0 Å². The first kappa shape index (κ1) is 16.8. The molecular weight excluding hydrogens is 344 g/mol. The van der Waals surface area contributed by atoms with E-state index in [0.717, 1.165) is 5.56 Å². The van der Waals surface area contributed by atoms with Gasteiger partial charge in [-0.05, 0) is 24.3 Å². The lowest BCUT2D eigenvalue weighted by molar-refractivity contribution is 0.0732. The van der Waals surface area contributed by atoms with Crippen molar-refractivity contribution in [2.24, 2.45) is 0 Å². The zero-order valence-electron chi connectivity index (χ0n) is 14.4. The SMILES string of the molecule is O=C(Oc1cc2c(c(OC(=O)c3ccccc3)c1)CCO2)c1ccccc1. The van der Waals surface area contributed by atoms with Crippen LogP contribution < -0.4 is 14.2 Å². The normalized spacial score (nSPS) is 12.0. The molecule has 134 valence electrons. The summed E-state index contributed by atoms with van der Waals surface area (Å²) >= 11 is 0. The minimum Gasteiger partial charge on any atom is -0.493 e. The Hall–Kier alpha value is -3.60. The molecule has 0 amide bonds. The highest BCUT2D eigenvalue weighted by Crippen LogP contribution is 2.38. The van der Waals surface area contributed by atoms with Crippen molar-refractivity contribution in [2.45, 2.75) is 6.42 Å². The van der Waals surface area contributed by atoms with E-state index in [4.69, 9.17) is 14.2 Å². The van der Waals surface area contributed by atoms with Gasteiger partial charge in [0.25, 0.3) is 0 Å². The highest BCUT2D eigenvalue weighted by molar-refractivity contribution is 5.92. The molecule has 0 spiro atoms. The zero-order valence-corrected chi connectivity index (χ0v) is 14.4. The van der Waals surface area contributed by atoms with Gasteiger partial charge in [0.15, 0.2) is 0 Å². The molecule has 1 aliphatic rings. The van der Waals surface area contributed by atoms with E-state index in [0.29, 0.717) is 35.7 Å². The fraction of sp³-hybridized carbons (Fsp3) is 0.0909. The Morgan fingerprint density at radius 3 is 2.00 bits per heavy atom. The molecule has 4 rings (SSSR count). The van der Waals surface area contributed by atoms with Crippen molar-refractivity contribution >= 4 is 11.9 Å². The topological polar surface area (TPSA) is 61.8 Å². The number of fused-ring (bicyclic) bond motifs is 1. The first-order valence-corrected chi connectivity index (χ1v) is 8.55. The third-order valence-corrected chi connectivity index (χ3v) is 4.18. The highest BCUT2D eigenvalue weighted by Gasteiger charge is 2.23. The largest absolute Gasteiger partial charge is 0.493 e. The minimum absolute atomic E-state index is 0.264. The Bertz CT molecular complexity index is 980. The predicted octanol–water partition coefficient (Wildman–Crippen LogP) is 4.06. The molecule has 0 saturated carbocycles. The van der Waals surface area contributed by atoms with Crippen molar-refractivity contribution < 1.29 is 23.8 Å². The molecule has 0 N–H and O–H groups in total. The summed E-state index contributed by atoms with van der Waals surface area (Å²) in [5, 5.41) is 0. The summed E-state index contributed by atoms with van der Waals surface area (Å²) in [5.74, 6) is 0.199. The fourth-order valence-corrected chi connectivity index (χ4v) is 2.86. The van der Waals surface area contributed by atoms with Gasteiger partial charge in [-0.2, -0.15) is 0 Å². The molecule has 5 heteroatoms. The van der Waals surface area contributed by atoms with Crippen molar-refractivity contribution in [3.05, 3.63) is 89.5 Å². The average molecular weight is 360 g/mol. The van der Waals surface area contributed by atoms with Crippen molar-refractivity contribution in [1.29, 1.82) is 0 Å². The van der Waals surface area contributed by atoms with E-state index in [-0.39, 0.29) is 5.75 Å². The molecular formula is C22H16O5. The molecule has 1 heterocycles. The maximum Gasteiger partial charge on any atom is 0.343 e. The molecule has 0 fully saturated rings. The van der Waals surface area contributed by atoms with E-state index in [1.54, 1.807) is 60.7 Å². The van der Waals surface area contributed by atoms with Crippen LogP contribution in [0.5, 0.6) is 17.2 Å². The summed E-state index contributed by atoms with van der Waals surface area (Å²) in [6.07, 6.45) is 0.625. The molecule has 0 saturated heterocycles. The molecule has 0 atom stereocenters. The van der Waals surface area contributed by atoms with Crippen molar-refractivity contribution in [1.82, 2.24) is 0 Å². The van der Waals surface area contributed by atoms with Crippen LogP contribution in [0.15, 0.2) is 72.8 Å². The minimum atomic E-state index is -0.492. The lowest BCUT2D eigenvalue weighted by Gasteiger charge is -2.11. The first-order chi connectivity index (χ1) is 13.2. The maximum atomic E-state index is 12.4. The fourth-order valence-electron chi connectivity index (χ4n) is 2.86. The Morgan fingerprint density at radius 1 is 0.778 bits per heavy atom. The number of carbonyl (C=O) groups excluding carboxylic acids is 2. The molecule has 0 radical (unpaired) electrons. The summed E-state index contributed by atoms with van der Waals surface area (Å²) in [7, 11) is 0. The van der Waals surface area contributed by atoms with Gasteiger partial charge in [-0.25, -0.2) is 9.59 Å². The van der Waals surface area contributed by atoms with Gasteiger partial charge in [0.1, 0.15) is 17.2 Å². The second kappa shape index (κ2) is 7.33. The second-order valence-corrected chi connectivity index (χ2v) is 6.01. The molecule has 1 aliphatic heterocycles. The summed E-state index contributed by atoms with van der Waals surface area (Å²) in [4.78, 5) is 24.7. The van der Waals surface area contributed by atoms with Gasteiger partial charge in [-0.15, -0.1) is 0 Å². The molecule has 27 heavy (non-hydrogen) atoms. The first-order valence-electron chi connectivity index (χ1n) is 8.55. The monoisotopic (exact) mass is 360 g/mol. The average Bonchev–Trinajstić information content (AvgIpc) is 3.18. The van der Waals surface area contributed by atoms with E-state index in [9.17, 15) is 9.59 Å². The Labute approximate surface area is 156 Å². The van der Waals surface area contributed by atoms with Crippen LogP contribution in [0.1, 0.15) is 26.3 Å². The third-order valence-electron chi connectivity index (χ3n) is 4.18. The Balaban J connectivity index is 1.60. The smallest absolute Gasteiger partial charge is 0.343 e. The number of ether oxygens (including phenoxy) is 3. The summed E-state index contributed by atoms with van der Waals surface area (Å²) in [6, 6.07) is 20.6. The van der Waals surface area contributed by atoms with Gasteiger partial charge in [0.05, 0.1) is 17.7 Å². The van der Waals surface area contributed by atoms with E-state index in [2.05, 4.69) is 0 Å². The van der Waals surface area contributed by atoms with Gasteiger partial charge in [-0.1, -0.05) is 36.4 Å². The van der Waals surface area contributed by atoms with Crippen LogP contribution in [-0.4, -0.2) is 18.5 Å². The quantitative estimate of drug-likeness (QED) is 0.519. The van der Waals surface area contributed by atoms with E-state index < -0.39 is 11.9 Å². The number of esters is 2. The molecule has 0 aromatic heterocycles. The van der Waals surface area contributed by atoms with Crippen LogP contribution in [0.2, 0.25) is 0 Å². The molecule has 0 bridgehead atoms. The van der Waals surface area contributed by atoms with E-state index in [1.807, 2.05) is 12.1 Å². The van der Waals surface area contributed by atoms with Crippen LogP contribution in [0.4, 0.5) is 0 Å². The molecule has 0 unspecified atom stereocenters. The summed E-state index contributed by atoms with van der Waals surface area (Å²) < 4.78 is 16.6. The summed E-state index contributed by atoms with van der Waals surface area (Å²) in [5.41, 5.74) is 1.66. The second-order valence-electron chi connectivity index (χ2n) is 6.01. The number of rotatable bonds is 4. The zero-order chi connectivity index (χ0) is 18.6. The lowest BCUT2D eigenvalue weighted by atomic mass is 10.1. The van der Waals surface area contributed by atoms with Crippen LogP contribution >= 0.6 is 0 Å². The van der Waals surface area contributed by atoms with Gasteiger partial charge >= 0.3 is 11.9 Å². The molecule has 0 aliphatic carbocycles. The van der Waals surface area contributed by atoms with E-state index >= 15 is 0 Å². The Morgan fingerprint density at radius 2 is 1.37 bits per heavy atom. The number of hydrogen-bond donors (Lipinski definition) is 0. The van der Waals surface area contributed by atoms with Crippen LogP contribution in [0, 0.1) is 0 Å². The predicted molar refractivity (Wildman–Crippen MR) is 98.4 cm³/mol. The van der Waals surface area contributed by atoms with Crippen LogP contribution in [0.25, 0.3) is 0 Å². The van der Waals surface area contributed by atoms with Crippen molar-refractivity contribution in [3.8, 4) is 17.2 Å². The number of benzene rings is 3. The van der Waals surface area contributed by atoms with Gasteiger partial charge < -0.3 is 14.2 Å². The van der Waals surface area contributed by atoms with Crippen LogP contribution in [-0.2, 0) is 6.42 Å². The lowest BCUT2D eigenvalue weighted by Crippen LogP contribution is -2.11. The van der Waals surface area contributed by atoms with Crippen LogP contribution in [0.3, 0.4) is 0 Å². The highest BCUT2D eigenvalue weighted by atomic mass is 16.5.